The SMILES string of the molecule is CCOC(=O)C(N)(CCCCCCCCCC[Si](C)(C)CC(C)C)C(=O)OCC. The highest BCUT2D eigenvalue weighted by molar-refractivity contribution is 6.77. The molecule has 0 aromatic heterocycles. The average molecular weight is 430 g/mol. The van der Waals surface area contributed by atoms with Crippen molar-refractivity contribution in [1.82, 2.24) is 0 Å². The van der Waals surface area contributed by atoms with E-state index in [4.69, 9.17) is 15.2 Å². The molecule has 0 heterocycles. The third kappa shape index (κ3) is 12.4. The number of carbonyl (C=O) groups is 2. The normalized spacial score (nSPS) is 12.3. The van der Waals surface area contributed by atoms with E-state index in [-0.39, 0.29) is 19.6 Å². The van der Waals surface area contributed by atoms with E-state index < -0.39 is 25.6 Å². The van der Waals surface area contributed by atoms with Crippen molar-refractivity contribution in [3.8, 4) is 0 Å². The van der Waals surface area contributed by atoms with Crippen LogP contribution in [0, 0.1) is 5.92 Å². The Morgan fingerprint density at radius 3 is 1.66 bits per heavy atom. The predicted octanol–water partition coefficient (Wildman–Crippen LogP) is 5.69. The molecule has 0 aromatic rings. The van der Waals surface area contributed by atoms with Crippen LogP contribution in [0.2, 0.25) is 25.2 Å². The highest BCUT2D eigenvalue weighted by Crippen LogP contribution is 2.24. The lowest BCUT2D eigenvalue weighted by Gasteiger charge is -2.24. The van der Waals surface area contributed by atoms with Crippen LogP contribution < -0.4 is 5.73 Å². The molecule has 2 N–H and O–H groups in total. The Bertz CT molecular complexity index is 448. The minimum Gasteiger partial charge on any atom is -0.464 e. The topological polar surface area (TPSA) is 78.6 Å². The lowest BCUT2D eigenvalue weighted by atomic mass is 9.93. The van der Waals surface area contributed by atoms with Crippen molar-refractivity contribution in [1.29, 1.82) is 0 Å². The first-order valence-electron chi connectivity index (χ1n) is 11.7. The van der Waals surface area contributed by atoms with Gasteiger partial charge in [-0.3, -0.25) is 0 Å². The smallest absolute Gasteiger partial charge is 0.337 e. The molecule has 29 heavy (non-hydrogen) atoms. The molecule has 0 atom stereocenters. The fourth-order valence-corrected chi connectivity index (χ4v) is 7.70. The van der Waals surface area contributed by atoms with Crippen molar-refractivity contribution in [2.45, 2.75) is 116 Å². The van der Waals surface area contributed by atoms with E-state index in [0.29, 0.717) is 0 Å². The molecule has 6 heteroatoms. The molecule has 0 bridgehead atoms. The molecule has 0 unspecified atom stereocenters. The van der Waals surface area contributed by atoms with Crippen molar-refractivity contribution in [3.05, 3.63) is 0 Å². The molecule has 0 saturated carbocycles. The maximum atomic E-state index is 12.1. The molecule has 0 aliphatic heterocycles. The number of nitrogens with two attached hydrogens (primary N) is 1. The first kappa shape index (κ1) is 28.1. The van der Waals surface area contributed by atoms with Crippen LogP contribution in [0.4, 0.5) is 0 Å². The van der Waals surface area contributed by atoms with Crippen molar-refractivity contribution >= 4 is 20.0 Å². The van der Waals surface area contributed by atoms with Crippen molar-refractivity contribution < 1.29 is 19.1 Å². The van der Waals surface area contributed by atoms with E-state index in [0.717, 1.165) is 25.2 Å². The van der Waals surface area contributed by atoms with Gasteiger partial charge in [0.1, 0.15) is 0 Å². The number of esters is 2. The van der Waals surface area contributed by atoms with Crippen LogP contribution >= 0.6 is 0 Å². The maximum absolute atomic E-state index is 12.1. The summed E-state index contributed by atoms with van der Waals surface area (Å²) in [4.78, 5) is 24.3. The van der Waals surface area contributed by atoms with Crippen LogP contribution in [0.3, 0.4) is 0 Å². The molecular formula is C23H47NO4Si. The van der Waals surface area contributed by atoms with Crippen LogP contribution in [0.25, 0.3) is 0 Å². The van der Waals surface area contributed by atoms with Gasteiger partial charge in [0.05, 0.1) is 13.2 Å². The Balaban J connectivity index is 3.98. The van der Waals surface area contributed by atoms with Gasteiger partial charge in [0.15, 0.2) is 0 Å². The fourth-order valence-electron chi connectivity index (χ4n) is 4.08. The zero-order chi connectivity index (χ0) is 22.3. The summed E-state index contributed by atoms with van der Waals surface area (Å²) in [6.07, 6.45) is 9.55. The summed E-state index contributed by atoms with van der Waals surface area (Å²) in [6, 6.07) is 2.89. The molecule has 0 aliphatic rings. The summed E-state index contributed by atoms with van der Waals surface area (Å²) in [7, 11) is -0.989. The number of unbranched alkanes of at least 4 members (excludes halogenated alkanes) is 7. The third-order valence-electron chi connectivity index (χ3n) is 5.41. The van der Waals surface area contributed by atoms with Crippen molar-refractivity contribution in [3.63, 3.8) is 0 Å². The molecule has 0 radical (unpaired) electrons. The van der Waals surface area contributed by atoms with Gasteiger partial charge in [-0.15, -0.1) is 0 Å². The van der Waals surface area contributed by atoms with Crippen LogP contribution in [-0.2, 0) is 19.1 Å². The minimum atomic E-state index is -1.67. The summed E-state index contributed by atoms with van der Waals surface area (Å²) >= 11 is 0. The average Bonchev–Trinajstić information content (AvgIpc) is 2.62. The van der Waals surface area contributed by atoms with E-state index in [9.17, 15) is 9.59 Å². The highest BCUT2D eigenvalue weighted by Gasteiger charge is 2.44. The number of rotatable bonds is 17. The molecular weight excluding hydrogens is 382 g/mol. The summed E-state index contributed by atoms with van der Waals surface area (Å²) in [5, 5.41) is 0. The first-order chi connectivity index (χ1) is 13.6. The van der Waals surface area contributed by atoms with Gasteiger partial charge in [-0.25, -0.2) is 9.59 Å². The first-order valence-corrected chi connectivity index (χ1v) is 15.1. The van der Waals surface area contributed by atoms with Crippen LogP contribution in [0.5, 0.6) is 0 Å². The van der Waals surface area contributed by atoms with E-state index in [2.05, 4.69) is 26.9 Å². The van der Waals surface area contributed by atoms with E-state index in [1.165, 1.54) is 44.2 Å². The van der Waals surface area contributed by atoms with Crippen LogP contribution in [0.15, 0.2) is 0 Å². The Hall–Kier alpha value is -0.883. The largest absolute Gasteiger partial charge is 0.464 e. The summed E-state index contributed by atoms with van der Waals surface area (Å²) in [5.41, 5.74) is 4.40. The zero-order valence-electron chi connectivity index (χ0n) is 20.0. The summed E-state index contributed by atoms with van der Waals surface area (Å²) in [5.74, 6) is -0.527. The second-order valence-corrected chi connectivity index (χ2v) is 14.7. The van der Waals surface area contributed by atoms with Gasteiger partial charge in [0.2, 0.25) is 5.54 Å². The van der Waals surface area contributed by atoms with E-state index in [1.54, 1.807) is 13.8 Å². The molecule has 172 valence electrons. The van der Waals surface area contributed by atoms with Gasteiger partial charge in [0, 0.05) is 8.07 Å². The van der Waals surface area contributed by atoms with Gasteiger partial charge in [-0.05, 0) is 26.2 Å². The summed E-state index contributed by atoms with van der Waals surface area (Å²) < 4.78 is 9.98. The third-order valence-corrected chi connectivity index (χ3v) is 9.04. The molecule has 0 rings (SSSR count). The number of hydrogen-bond acceptors (Lipinski definition) is 5. The molecule has 0 spiro atoms. The van der Waals surface area contributed by atoms with E-state index in [1.807, 2.05) is 0 Å². The highest BCUT2D eigenvalue weighted by atomic mass is 28.3. The van der Waals surface area contributed by atoms with Gasteiger partial charge >= 0.3 is 11.9 Å². The number of ether oxygens (including phenoxy) is 2. The second kappa shape index (κ2) is 15.0. The molecule has 0 aromatic carbocycles. The van der Waals surface area contributed by atoms with Gasteiger partial charge < -0.3 is 15.2 Å². The molecule has 0 saturated heterocycles. The van der Waals surface area contributed by atoms with Gasteiger partial charge in [-0.1, -0.05) is 90.4 Å². The lowest BCUT2D eigenvalue weighted by molar-refractivity contribution is -0.164. The minimum absolute atomic E-state index is 0.203. The predicted molar refractivity (Wildman–Crippen MR) is 124 cm³/mol. The number of hydrogen-bond donors (Lipinski definition) is 1. The Labute approximate surface area is 180 Å². The molecule has 0 aliphatic carbocycles. The maximum Gasteiger partial charge on any atom is 0.337 e. The quantitative estimate of drug-likeness (QED) is 0.139. The fraction of sp³-hybridized carbons (Fsp3) is 0.913. The molecule has 0 amide bonds. The molecule has 5 nitrogen and oxygen atoms in total. The van der Waals surface area contributed by atoms with Crippen LogP contribution in [0.1, 0.15) is 85.5 Å². The zero-order valence-corrected chi connectivity index (χ0v) is 21.0. The van der Waals surface area contributed by atoms with E-state index >= 15 is 0 Å². The van der Waals surface area contributed by atoms with Crippen molar-refractivity contribution in [2.24, 2.45) is 11.7 Å². The Morgan fingerprint density at radius 2 is 1.24 bits per heavy atom. The Kier molecular flexibility index (Phi) is 14.5. The number of carbonyl (C=O) groups excluding carboxylic acids is 2. The standard InChI is InChI=1S/C23H47NO4Si/c1-7-27-21(25)23(24,22(26)28-8-2)17-15-13-11-9-10-12-14-16-18-29(5,6)19-20(3)4/h20H,7-19,24H2,1-6H3. The van der Waals surface area contributed by atoms with Crippen LogP contribution in [-0.4, -0.2) is 38.8 Å². The molecule has 0 fully saturated rings. The second-order valence-electron chi connectivity index (χ2n) is 9.50. The Morgan fingerprint density at radius 1 is 0.828 bits per heavy atom. The summed E-state index contributed by atoms with van der Waals surface area (Å²) in [6.45, 7) is 13.5. The van der Waals surface area contributed by atoms with Gasteiger partial charge in [-0.2, -0.15) is 0 Å². The monoisotopic (exact) mass is 429 g/mol. The lowest BCUT2D eigenvalue weighted by Crippen LogP contribution is -2.56. The van der Waals surface area contributed by atoms with Crippen molar-refractivity contribution in [2.75, 3.05) is 13.2 Å². The van der Waals surface area contributed by atoms with Gasteiger partial charge in [0.25, 0.3) is 0 Å².